The Hall–Kier alpha value is -3.48. The molecule has 1 fully saturated rings. The molecule has 3 aromatic rings. The van der Waals surface area contributed by atoms with Crippen LogP contribution in [-0.4, -0.2) is 46.3 Å². The molecular weight excluding hydrogens is 438 g/mol. The van der Waals surface area contributed by atoms with Crippen molar-refractivity contribution in [3.8, 4) is 11.8 Å². The first-order valence-electron chi connectivity index (χ1n) is 10.7. The van der Waals surface area contributed by atoms with Crippen LogP contribution in [0.5, 0.6) is 0 Å². The average Bonchev–Trinajstić information content (AvgIpc) is 3.18. The van der Waals surface area contributed by atoms with E-state index < -0.39 is 10.0 Å². The first-order valence-corrected chi connectivity index (χ1v) is 12.1. The minimum absolute atomic E-state index is 0.0500. The highest BCUT2D eigenvalue weighted by atomic mass is 32.2. The largest absolute Gasteiger partial charge is 0.337 e. The van der Waals surface area contributed by atoms with Crippen molar-refractivity contribution in [1.29, 1.82) is 0 Å². The van der Waals surface area contributed by atoms with E-state index in [1.165, 1.54) is 10.5 Å². The smallest absolute Gasteiger partial charge is 0.262 e. The van der Waals surface area contributed by atoms with Crippen molar-refractivity contribution in [2.75, 3.05) is 18.4 Å². The molecule has 1 aliphatic rings. The van der Waals surface area contributed by atoms with Crippen LogP contribution in [0, 0.1) is 24.7 Å². The Balaban J connectivity index is 1.36. The minimum Gasteiger partial charge on any atom is -0.337 e. The van der Waals surface area contributed by atoms with Crippen LogP contribution in [0.3, 0.4) is 0 Å². The van der Waals surface area contributed by atoms with Gasteiger partial charge in [0.1, 0.15) is 11.5 Å². The number of aromatic nitrogens is 3. The molecule has 0 aliphatic carbocycles. The number of nitrogens with zero attached hydrogens (tertiary/aromatic N) is 4. The van der Waals surface area contributed by atoms with E-state index in [1.807, 2.05) is 42.5 Å². The second kappa shape index (κ2) is 9.57. The zero-order valence-electron chi connectivity index (χ0n) is 18.5. The standard InChI is InChI=1S/C24H25N5O3S/c1-18-26-23(17-28(18)2)33(31,32)29-14-11-20(12-15-29)24(30)27-22-8-5-6-19(16-22)9-10-21-7-3-4-13-25-21/h3-8,13,16-17,20H,11-12,14-15H2,1-2H3,(H,27,30). The van der Waals surface area contributed by atoms with Gasteiger partial charge in [-0.1, -0.05) is 18.1 Å². The maximum atomic E-state index is 12.9. The second-order valence-electron chi connectivity index (χ2n) is 7.95. The molecule has 0 atom stereocenters. The lowest BCUT2D eigenvalue weighted by molar-refractivity contribution is -0.120. The number of carbonyl (C=O) groups excluding carboxylic acids is 1. The molecule has 0 radical (unpaired) electrons. The maximum Gasteiger partial charge on any atom is 0.262 e. The fourth-order valence-electron chi connectivity index (χ4n) is 3.63. The van der Waals surface area contributed by atoms with E-state index >= 15 is 0 Å². The van der Waals surface area contributed by atoms with Crippen LogP contribution in [0.1, 0.15) is 29.9 Å². The van der Waals surface area contributed by atoms with Crippen molar-refractivity contribution < 1.29 is 13.2 Å². The monoisotopic (exact) mass is 463 g/mol. The molecule has 9 heteroatoms. The van der Waals surface area contributed by atoms with Crippen molar-refractivity contribution in [1.82, 2.24) is 18.8 Å². The molecule has 170 valence electrons. The second-order valence-corrected chi connectivity index (χ2v) is 9.84. The molecule has 2 aromatic heterocycles. The highest BCUT2D eigenvalue weighted by Crippen LogP contribution is 2.24. The number of benzene rings is 1. The van der Waals surface area contributed by atoms with Gasteiger partial charge >= 0.3 is 0 Å². The van der Waals surface area contributed by atoms with Crippen molar-refractivity contribution in [3.63, 3.8) is 0 Å². The van der Waals surface area contributed by atoms with Crippen LogP contribution in [0.2, 0.25) is 0 Å². The summed E-state index contributed by atoms with van der Waals surface area (Å²) in [4.78, 5) is 21.1. The fourth-order valence-corrected chi connectivity index (χ4v) is 5.13. The molecule has 0 unspecified atom stereocenters. The van der Waals surface area contributed by atoms with E-state index in [4.69, 9.17) is 0 Å². The Kier molecular flexibility index (Phi) is 6.58. The molecule has 1 aromatic carbocycles. The predicted molar refractivity (Wildman–Crippen MR) is 125 cm³/mol. The summed E-state index contributed by atoms with van der Waals surface area (Å²) < 4.78 is 28.8. The summed E-state index contributed by atoms with van der Waals surface area (Å²) in [5.41, 5.74) is 2.10. The summed E-state index contributed by atoms with van der Waals surface area (Å²) in [6, 6.07) is 12.9. The first-order chi connectivity index (χ1) is 15.8. The Morgan fingerprint density at radius 2 is 1.91 bits per heavy atom. The number of hydrogen-bond donors (Lipinski definition) is 1. The van der Waals surface area contributed by atoms with E-state index in [1.54, 1.807) is 24.7 Å². The van der Waals surface area contributed by atoms with Crippen LogP contribution in [0.15, 0.2) is 59.9 Å². The van der Waals surface area contributed by atoms with Crippen molar-refractivity contribution in [2.24, 2.45) is 13.0 Å². The summed E-state index contributed by atoms with van der Waals surface area (Å²) in [6.07, 6.45) is 4.12. The van der Waals surface area contributed by atoms with Crippen LogP contribution in [0.4, 0.5) is 5.69 Å². The van der Waals surface area contributed by atoms with E-state index in [2.05, 4.69) is 27.1 Å². The maximum absolute atomic E-state index is 12.9. The molecule has 0 spiro atoms. The average molecular weight is 464 g/mol. The van der Waals surface area contributed by atoms with Gasteiger partial charge in [-0.3, -0.25) is 4.79 Å². The van der Waals surface area contributed by atoms with Crippen molar-refractivity contribution >= 4 is 21.6 Å². The van der Waals surface area contributed by atoms with Gasteiger partial charge in [0.25, 0.3) is 10.0 Å². The number of sulfonamides is 1. The lowest BCUT2D eigenvalue weighted by atomic mass is 9.97. The summed E-state index contributed by atoms with van der Waals surface area (Å²) in [5, 5.41) is 2.99. The number of pyridine rings is 1. The normalized spacial score (nSPS) is 15.0. The molecular formula is C24H25N5O3S. The molecule has 1 N–H and O–H groups in total. The van der Waals surface area contributed by atoms with Gasteiger partial charge in [-0.05, 0) is 56.0 Å². The van der Waals surface area contributed by atoms with Gasteiger partial charge in [-0.25, -0.2) is 18.4 Å². The lowest BCUT2D eigenvalue weighted by Crippen LogP contribution is -2.41. The van der Waals surface area contributed by atoms with Gasteiger partial charge in [0.05, 0.1) is 0 Å². The highest BCUT2D eigenvalue weighted by Gasteiger charge is 2.33. The first kappa shape index (κ1) is 22.7. The Labute approximate surface area is 193 Å². The Morgan fingerprint density at radius 1 is 1.12 bits per heavy atom. The third-order valence-corrected chi connectivity index (χ3v) is 7.42. The summed E-state index contributed by atoms with van der Waals surface area (Å²) >= 11 is 0. The number of carbonyl (C=O) groups is 1. The van der Waals surface area contributed by atoms with E-state index in [-0.39, 0.29) is 29.9 Å². The zero-order chi connectivity index (χ0) is 23.4. The molecule has 0 saturated carbocycles. The van der Waals surface area contributed by atoms with Crippen LogP contribution >= 0.6 is 0 Å². The zero-order valence-corrected chi connectivity index (χ0v) is 19.3. The van der Waals surface area contributed by atoms with Crippen LogP contribution in [0.25, 0.3) is 0 Å². The number of hydrogen-bond acceptors (Lipinski definition) is 5. The van der Waals surface area contributed by atoms with Crippen LogP contribution < -0.4 is 5.32 Å². The number of amides is 1. The van der Waals surface area contributed by atoms with Gasteiger partial charge < -0.3 is 9.88 Å². The van der Waals surface area contributed by atoms with Gasteiger partial charge in [0.15, 0.2) is 5.03 Å². The van der Waals surface area contributed by atoms with E-state index in [0.717, 1.165) is 5.56 Å². The predicted octanol–water partition coefficient (Wildman–Crippen LogP) is 2.56. The van der Waals surface area contributed by atoms with Crippen molar-refractivity contribution in [3.05, 3.63) is 71.9 Å². The van der Waals surface area contributed by atoms with E-state index in [9.17, 15) is 13.2 Å². The molecule has 1 aliphatic heterocycles. The van der Waals surface area contributed by atoms with Gasteiger partial charge in [-0.2, -0.15) is 4.31 Å². The van der Waals surface area contributed by atoms with Gasteiger partial charge in [-0.15, -0.1) is 0 Å². The molecule has 4 rings (SSSR count). The number of piperidine rings is 1. The molecule has 3 heterocycles. The molecule has 0 bridgehead atoms. The number of anilines is 1. The van der Waals surface area contributed by atoms with Crippen molar-refractivity contribution in [2.45, 2.75) is 24.8 Å². The molecule has 1 saturated heterocycles. The molecule has 1 amide bonds. The highest BCUT2D eigenvalue weighted by molar-refractivity contribution is 7.89. The summed E-state index contributed by atoms with van der Waals surface area (Å²) in [5.74, 6) is 6.31. The number of imidazole rings is 1. The SMILES string of the molecule is Cc1nc(S(=O)(=O)N2CCC(C(=O)Nc3cccc(C#Cc4ccccn4)c3)CC2)cn1C. The molecule has 8 nitrogen and oxygen atoms in total. The van der Waals surface area contributed by atoms with E-state index in [0.29, 0.717) is 30.0 Å². The van der Waals surface area contributed by atoms with Crippen LogP contribution in [-0.2, 0) is 21.9 Å². The van der Waals surface area contributed by atoms with Gasteiger partial charge in [0, 0.05) is 49.7 Å². The summed E-state index contributed by atoms with van der Waals surface area (Å²) in [6.45, 7) is 2.33. The molecule has 33 heavy (non-hydrogen) atoms. The number of nitrogens with one attached hydrogen (secondary N) is 1. The minimum atomic E-state index is -3.66. The number of aryl methyl sites for hydroxylation is 2. The number of rotatable bonds is 4. The quantitative estimate of drug-likeness (QED) is 0.600. The topological polar surface area (TPSA) is 97.2 Å². The summed E-state index contributed by atoms with van der Waals surface area (Å²) in [7, 11) is -1.90. The third-order valence-electron chi connectivity index (χ3n) is 5.65. The fraction of sp³-hybridized carbons (Fsp3) is 0.292. The Morgan fingerprint density at radius 3 is 2.58 bits per heavy atom. The lowest BCUT2D eigenvalue weighted by Gasteiger charge is -2.29. The van der Waals surface area contributed by atoms with Gasteiger partial charge in [0.2, 0.25) is 5.91 Å². The third kappa shape index (κ3) is 5.30. The Bertz CT molecular complexity index is 1300.